The lowest BCUT2D eigenvalue weighted by atomic mass is 9.73. The van der Waals surface area contributed by atoms with Crippen molar-refractivity contribution in [3.8, 4) is 0 Å². The Bertz CT molecular complexity index is 979. The molecule has 2 aromatic rings. The van der Waals surface area contributed by atoms with Crippen LogP contribution in [0.25, 0.3) is 0 Å². The molecule has 5 heterocycles. The van der Waals surface area contributed by atoms with Gasteiger partial charge in [0, 0.05) is 31.0 Å². The van der Waals surface area contributed by atoms with Gasteiger partial charge < -0.3 is 23.9 Å². The number of hydrogen-bond donors (Lipinski definition) is 1. The van der Waals surface area contributed by atoms with Gasteiger partial charge in [-0.1, -0.05) is 5.16 Å². The van der Waals surface area contributed by atoms with Crippen molar-refractivity contribution in [1.82, 2.24) is 15.4 Å². The molecule has 3 aliphatic heterocycles. The molecule has 1 N–H and O–H groups in total. The van der Waals surface area contributed by atoms with Crippen LogP contribution >= 0.6 is 0 Å². The number of fused-ring (bicyclic) bond motifs is 1. The number of nitrogens with zero attached hydrogens (tertiary/aromatic N) is 2. The normalized spacial score (nSPS) is 30.0. The van der Waals surface area contributed by atoms with E-state index in [0.717, 1.165) is 18.6 Å². The van der Waals surface area contributed by atoms with Gasteiger partial charge in [-0.2, -0.15) is 0 Å². The highest BCUT2D eigenvalue weighted by Gasteiger charge is 2.63. The van der Waals surface area contributed by atoms with Gasteiger partial charge >= 0.3 is 0 Å². The molecule has 3 saturated heterocycles. The number of furan rings is 1. The lowest BCUT2D eigenvalue weighted by Gasteiger charge is -2.29. The number of aromatic nitrogens is 1. The maximum absolute atomic E-state index is 13.1. The lowest BCUT2D eigenvalue weighted by molar-refractivity contribution is 0.00314. The minimum Gasteiger partial charge on any atom is -0.466 e. The SMILES string of the molecule is Cc1cc(C(=O)NC[C@H]2[C@H]3CN(C(=O)c4cc(C)oc4C)C[C@]34CC[C@H]2O4)on1. The second-order valence-corrected chi connectivity index (χ2v) is 8.59. The first-order valence-electron chi connectivity index (χ1n) is 10.1. The van der Waals surface area contributed by atoms with Gasteiger partial charge in [-0.05, 0) is 39.7 Å². The highest BCUT2D eigenvalue weighted by atomic mass is 16.5. The smallest absolute Gasteiger partial charge is 0.289 e. The van der Waals surface area contributed by atoms with Crippen LogP contribution in [-0.2, 0) is 4.74 Å². The number of carbonyl (C=O) groups is 2. The number of carbonyl (C=O) groups excluding carboxylic acids is 2. The molecule has 154 valence electrons. The minimum atomic E-state index is -0.286. The number of likely N-dealkylation sites (tertiary alicyclic amines) is 1. The number of ether oxygens (including phenoxy) is 1. The predicted octanol–water partition coefficient (Wildman–Crippen LogP) is 2.24. The largest absolute Gasteiger partial charge is 0.466 e. The Labute approximate surface area is 168 Å². The van der Waals surface area contributed by atoms with Crippen LogP contribution in [-0.4, -0.2) is 53.2 Å². The van der Waals surface area contributed by atoms with Gasteiger partial charge in [0.05, 0.1) is 29.5 Å². The van der Waals surface area contributed by atoms with Crippen molar-refractivity contribution < 1.29 is 23.3 Å². The molecule has 0 radical (unpaired) electrons. The van der Waals surface area contributed by atoms with E-state index in [9.17, 15) is 9.59 Å². The highest BCUT2D eigenvalue weighted by Crippen LogP contribution is 2.54. The van der Waals surface area contributed by atoms with Crippen LogP contribution in [0, 0.1) is 32.6 Å². The summed E-state index contributed by atoms with van der Waals surface area (Å²) in [6.45, 7) is 7.19. The summed E-state index contributed by atoms with van der Waals surface area (Å²) >= 11 is 0. The molecule has 5 rings (SSSR count). The quantitative estimate of drug-likeness (QED) is 0.847. The lowest BCUT2D eigenvalue weighted by Crippen LogP contribution is -2.41. The molecule has 3 aliphatic rings. The maximum atomic E-state index is 13.1. The minimum absolute atomic E-state index is 0.00454. The predicted molar refractivity (Wildman–Crippen MR) is 101 cm³/mol. The molecule has 2 amide bonds. The fourth-order valence-electron chi connectivity index (χ4n) is 5.40. The van der Waals surface area contributed by atoms with Crippen LogP contribution in [0.3, 0.4) is 0 Å². The zero-order valence-electron chi connectivity index (χ0n) is 16.9. The highest BCUT2D eigenvalue weighted by molar-refractivity contribution is 5.95. The Kier molecular flexibility index (Phi) is 4.10. The maximum Gasteiger partial charge on any atom is 0.289 e. The van der Waals surface area contributed by atoms with Crippen molar-refractivity contribution in [2.75, 3.05) is 19.6 Å². The van der Waals surface area contributed by atoms with Crippen molar-refractivity contribution in [2.24, 2.45) is 11.8 Å². The zero-order valence-corrected chi connectivity index (χ0v) is 16.9. The summed E-state index contributed by atoms with van der Waals surface area (Å²) < 4.78 is 17.0. The molecule has 8 heteroatoms. The fourth-order valence-corrected chi connectivity index (χ4v) is 5.40. The van der Waals surface area contributed by atoms with Crippen molar-refractivity contribution >= 4 is 11.8 Å². The number of nitrogens with one attached hydrogen (secondary N) is 1. The molecule has 1 spiro atoms. The molecule has 29 heavy (non-hydrogen) atoms. The van der Waals surface area contributed by atoms with E-state index in [4.69, 9.17) is 13.7 Å². The summed E-state index contributed by atoms with van der Waals surface area (Å²) in [4.78, 5) is 27.3. The van der Waals surface area contributed by atoms with Crippen molar-refractivity contribution in [2.45, 2.75) is 45.3 Å². The summed E-state index contributed by atoms with van der Waals surface area (Å²) in [7, 11) is 0. The Morgan fingerprint density at radius 3 is 2.83 bits per heavy atom. The van der Waals surface area contributed by atoms with Gasteiger partial charge in [0.1, 0.15) is 11.5 Å². The first kappa shape index (κ1) is 18.4. The number of rotatable bonds is 4. The molecule has 0 unspecified atom stereocenters. The van der Waals surface area contributed by atoms with Gasteiger partial charge in [0.25, 0.3) is 11.8 Å². The van der Waals surface area contributed by atoms with Crippen LogP contribution in [0.5, 0.6) is 0 Å². The summed E-state index contributed by atoms with van der Waals surface area (Å²) in [5.41, 5.74) is 1.01. The molecule has 2 bridgehead atoms. The van der Waals surface area contributed by atoms with E-state index in [2.05, 4.69) is 10.5 Å². The molecule has 0 aromatic carbocycles. The van der Waals surface area contributed by atoms with Crippen LogP contribution in [0.2, 0.25) is 0 Å². The number of aryl methyl sites for hydroxylation is 3. The second-order valence-electron chi connectivity index (χ2n) is 8.59. The fraction of sp³-hybridized carbons (Fsp3) is 0.571. The van der Waals surface area contributed by atoms with Crippen LogP contribution < -0.4 is 5.32 Å². The van der Waals surface area contributed by atoms with E-state index in [1.54, 1.807) is 19.1 Å². The standard InChI is InChI=1S/C21H25N3O5/c1-11-6-18(29-23-11)19(25)22-8-15-16-9-24(10-21(16)5-4-17(15)28-21)20(26)14-7-12(2)27-13(14)3/h6-7,15-17H,4-5,8-10H2,1-3H3,(H,22,25)/t15-,16+,17+,21+/m0/s1. The van der Waals surface area contributed by atoms with E-state index >= 15 is 0 Å². The van der Waals surface area contributed by atoms with Gasteiger partial charge in [0.15, 0.2) is 0 Å². The average molecular weight is 399 g/mol. The Morgan fingerprint density at radius 1 is 1.31 bits per heavy atom. The van der Waals surface area contributed by atoms with Crippen LogP contribution in [0.1, 0.15) is 51.0 Å². The van der Waals surface area contributed by atoms with E-state index in [1.807, 2.05) is 18.7 Å². The van der Waals surface area contributed by atoms with Crippen molar-refractivity contribution in [1.29, 1.82) is 0 Å². The van der Waals surface area contributed by atoms with Crippen LogP contribution in [0.4, 0.5) is 0 Å². The second kappa shape index (κ2) is 6.45. The first-order chi connectivity index (χ1) is 13.9. The molecular weight excluding hydrogens is 374 g/mol. The van der Waals surface area contributed by atoms with E-state index in [-0.39, 0.29) is 41.1 Å². The van der Waals surface area contributed by atoms with E-state index in [0.29, 0.717) is 36.7 Å². The van der Waals surface area contributed by atoms with E-state index < -0.39 is 0 Å². The summed E-state index contributed by atoms with van der Waals surface area (Å²) in [5.74, 6) is 1.74. The third-order valence-corrected chi connectivity index (χ3v) is 6.69. The molecule has 0 saturated carbocycles. The van der Waals surface area contributed by atoms with Crippen molar-refractivity contribution in [3.05, 3.63) is 40.7 Å². The van der Waals surface area contributed by atoms with Gasteiger partial charge in [-0.25, -0.2) is 0 Å². The molecule has 4 atom stereocenters. The molecule has 2 aromatic heterocycles. The Balaban J connectivity index is 1.29. The van der Waals surface area contributed by atoms with Crippen LogP contribution in [0.15, 0.2) is 21.1 Å². The molecule has 3 fully saturated rings. The zero-order chi connectivity index (χ0) is 20.3. The number of hydrogen-bond acceptors (Lipinski definition) is 6. The van der Waals surface area contributed by atoms with Gasteiger partial charge in [-0.3, -0.25) is 9.59 Å². The molecule has 8 nitrogen and oxygen atoms in total. The number of amides is 2. The topological polar surface area (TPSA) is 97.8 Å². The molecular formula is C21H25N3O5. The first-order valence-corrected chi connectivity index (χ1v) is 10.1. The summed E-state index contributed by atoms with van der Waals surface area (Å²) in [6, 6.07) is 3.43. The Morgan fingerprint density at radius 2 is 2.14 bits per heavy atom. The third kappa shape index (κ3) is 2.88. The monoisotopic (exact) mass is 399 g/mol. The van der Waals surface area contributed by atoms with Gasteiger partial charge in [-0.15, -0.1) is 0 Å². The molecule has 0 aliphatic carbocycles. The third-order valence-electron chi connectivity index (χ3n) is 6.69. The van der Waals surface area contributed by atoms with Crippen molar-refractivity contribution in [3.63, 3.8) is 0 Å². The van der Waals surface area contributed by atoms with E-state index in [1.165, 1.54) is 0 Å². The summed E-state index contributed by atoms with van der Waals surface area (Å²) in [6.07, 6.45) is 2.05. The Hall–Kier alpha value is -2.61. The summed E-state index contributed by atoms with van der Waals surface area (Å²) in [5, 5.41) is 6.73. The average Bonchev–Trinajstić information content (AvgIpc) is 3.46. The van der Waals surface area contributed by atoms with Gasteiger partial charge in [0.2, 0.25) is 5.76 Å².